The summed E-state index contributed by atoms with van der Waals surface area (Å²) in [6.45, 7) is 0. The summed E-state index contributed by atoms with van der Waals surface area (Å²) in [6.07, 6.45) is 6.50. The Morgan fingerprint density at radius 3 is 2.23 bits per heavy atom. The molecule has 0 N–H and O–H groups in total. The summed E-state index contributed by atoms with van der Waals surface area (Å²) in [7, 11) is 2.40. The number of hydrogen-bond acceptors (Lipinski definition) is 3. The quantitative estimate of drug-likeness (QED) is 0.715. The van der Waals surface area contributed by atoms with E-state index < -0.39 is 10.0 Å². The first-order valence-corrected chi connectivity index (χ1v) is 7.78. The minimum Gasteiger partial charge on any atom is -0.212 e. The molecule has 0 atom stereocenters. The van der Waals surface area contributed by atoms with Gasteiger partial charge in [-0.15, -0.1) is 3.71 Å². The van der Waals surface area contributed by atoms with E-state index in [0.717, 1.165) is 36.8 Å². The maximum Gasteiger partial charge on any atom is 0.221 e. The zero-order valence-corrected chi connectivity index (χ0v) is 9.96. The molecule has 1 saturated carbocycles. The smallest absolute Gasteiger partial charge is 0.212 e. The van der Waals surface area contributed by atoms with Gasteiger partial charge >= 0.3 is 0 Å². The molecule has 0 aromatic heterocycles. The van der Waals surface area contributed by atoms with E-state index in [1.54, 1.807) is 0 Å². The molecule has 0 bridgehead atoms. The molecule has 1 aliphatic rings. The Morgan fingerprint density at radius 2 is 1.85 bits per heavy atom. The van der Waals surface area contributed by atoms with Gasteiger partial charge in [0.2, 0.25) is 10.0 Å². The molecule has 1 aliphatic carbocycles. The molecular formula is C7H14ClNO2S2. The highest BCUT2D eigenvalue weighted by Crippen LogP contribution is 2.31. The van der Waals surface area contributed by atoms with Gasteiger partial charge in [0.05, 0.1) is 6.26 Å². The minimum atomic E-state index is -3.15. The van der Waals surface area contributed by atoms with Crippen molar-refractivity contribution in [2.75, 3.05) is 6.26 Å². The van der Waals surface area contributed by atoms with Crippen molar-refractivity contribution in [1.82, 2.24) is 3.71 Å². The summed E-state index contributed by atoms with van der Waals surface area (Å²) < 4.78 is 23.9. The highest BCUT2D eigenvalue weighted by Gasteiger charge is 2.28. The zero-order valence-electron chi connectivity index (χ0n) is 7.57. The first-order valence-electron chi connectivity index (χ1n) is 4.34. The van der Waals surface area contributed by atoms with Crippen LogP contribution in [0, 0.1) is 0 Å². The predicted octanol–water partition coefficient (Wildman–Crippen LogP) is 2.38. The van der Waals surface area contributed by atoms with Crippen LogP contribution in [0.15, 0.2) is 0 Å². The molecule has 6 heteroatoms. The fraction of sp³-hybridized carbons (Fsp3) is 1.00. The Balaban J connectivity index is 2.65. The Hall–Kier alpha value is 0.550. The van der Waals surface area contributed by atoms with Crippen LogP contribution in [0.1, 0.15) is 32.1 Å². The SMILES string of the molecule is CS(=O)(=O)N(SCl)C1CCCCC1. The van der Waals surface area contributed by atoms with Crippen molar-refractivity contribution < 1.29 is 8.42 Å². The van der Waals surface area contributed by atoms with Crippen LogP contribution in [0.4, 0.5) is 0 Å². The lowest BCUT2D eigenvalue weighted by Crippen LogP contribution is -2.34. The molecule has 0 heterocycles. The second-order valence-electron chi connectivity index (χ2n) is 3.38. The van der Waals surface area contributed by atoms with Gasteiger partial charge in [0, 0.05) is 17.2 Å². The third-order valence-corrected chi connectivity index (χ3v) is 5.38. The largest absolute Gasteiger partial charge is 0.221 e. The molecule has 1 fully saturated rings. The van der Waals surface area contributed by atoms with E-state index in [1.165, 1.54) is 16.4 Å². The molecule has 0 spiro atoms. The van der Waals surface area contributed by atoms with Crippen molar-refractivity contribution >= 4 is 31.9 Å². The topological polar surface area (TPSA) is 37.4 Å². The van der Waals surface area contributed by atoms with Crippen molar-refractivity contribution in [3.63, 3.8) is 0 Å². The maximum atomic E-state index is 11.3. The molecule has 0 unspecified atom stereocenters. The first kappa shape index (κ1) is 11.6. The van der Waals surface area contributed by atoms with Crippen LogP contribution in [-0.4, -0.2) is 24.4 Å². The van der Waals surface area contributed by atoms with Gasteiger partial charge in [-0.3, -0.25) is 0 Å². The van der Waals surface area contributed by atoms with Crippen molar-refractivity contribution in [2.24, 2.45) is 0 Å². The minimum absolute atomic E-state index is 0.103. The number of halogens is 1. The molecule has 0 aromatic carbocycles. The van der Waals surface area contributed by atoms with E-state index >= 15 is 0 Å². The number of sulfonamides is 1. The van der Waals surface area contributed by atoms with Crippen molar-refractivity contribution in [3.05, 3.63) is 0 Å². The fourth-order valence-electron chi connectivity index (χ4n) is 1.67. The summed E-state index contributed by atoms with van der Waals surface area (Å²) in [5, 5.41) is 0. The van der Waals surface area contributed by atoms with Gasteiger partial charge in [0.25, 0.3) is 0 Å². The monoisotopic (exact) mass is 243 g/mol. The van der Waals surface area contributed by atoms with E-state index in [2.05, 4.69) is 0 Å². The van der Waals surface area contributed by atoms with Gasteiger partial charge in [-0.05, 0) is 23.5 Å². The molecule has 1 rings (SSSR count). The third-order valence-electron chi connectivity index (χ3n) is 2.27. The number of hydrogen-bond donors (Lipinski definition) is 0. The average molecular weight is 244 g/mol. The van der Waals surface area contributed by atoms with Crippen molar-refractivity contribution in [2.45, 2.75) is 38.1 Å². The average Bonchev–Trinajstić information content (AvgIpc) is 2.05. The summed E-state index contributed by atoms with van der Waals surface area (Å²) in [5.41, 5.74) is 0. The summed E-state index contributed by atoms with van der Waals surface area (Å²) >= 11 is 0.801. The molecule has 0 radical (unpaired) electrons. The second kappa shape index (κ2) is 4.87. The van der Waals surface area contributed by atoms with E-state index in [0.29, 0.717) is 0 Å². The Morgan fingerprint density at radius 1 is 1.31 bits per heavy atom. The van der Waals surface area contributed by atoms with Crippen LogP contribution < -0.4 is 0 Å². The summed E-state index contributed by atoms with van der Waals surface area (Å²) in [6, 6.07) is 0.103. The van der Waals surface area contributed by atoms with E-state index in [4.69, 9.17) is 10.7 Å². The van der Waals surface area contributed by atoms with Crippen LogP contribution in [0.25, 0.3) is 0 Å². The second-order valence-corrected chi connectivity index (χ2v) is 6.42. The van der Waals surface area contributed by atoms with Gasteiger partial charge in [0.1, 0.15) is 0 Å². The number of rotatable bonds is 3. The zero-order chi connectivity index (χ0) is 9.90. The van der Waals surface area contributed by atoms with Crippen LogP contribution in [0.3, 0.4) is 0 Å². The van der Waals surface area contributed by atoms with Gasteiger partial charge in [-0.1, -0.05) is 19.3 Å². The lowest BCUT2D eigenvalue weighted by Gasteiger charge is -2.29. The standard InChI is InChI=1S/C7H14ClNO2S2/c1-13(10,11)9(12-8)7-5-3-2-4-6-7/h7H,2-6H2,1H3. The molecule has 13 heavy (non-hydrogen) atoms. The normalized spacial score (nSPS) is 20.8. The lowest BCUT2D eigenvalue weighted by molar-refractivity contribution is 0.348. The highest BCUT2D eigenvalue weighted by molar-refractivity contribution is 8.24. The Kier molecular flexibility index (Phi) is 4.35. The maximum absolute atomic E-state index is 11.3. The Bertz CT molecular complexity index is 249. The predicted molar refractivity (Wildman–Crippen MR) is 57.0 cm³/mol. The fourth-order valence-corrected chi connectivity index (χ4v) is 4.41. The Labute approximate surface area is 88.5 Å². The lowest BCUT2D eigenvalue weighted by atomic mass is 9.96. The van der Waals surface area contributed by atoms with Crippen molar-refractivity contribution in [1.29, 1.82) is 0 Å². The molecule has 0 amide bonds. The van der Waals surface area contributed by atoms with Crippen LogP contribution in [-0.2, 0) is 10.0 Å². The van der Waals surface area contributed by atoms with E-state index in [9.17, 15) is 8.42 Å². The van der Waals surface area contributed by atoms with Crippen LogP contribution in [0.2, 0.25) is 0 Å². The molecule has 0 aromatic rings. The molecule has 0 saturated heterocycles. The van der Waals surface area contributed by atoms with Crippen LogP contribution in [0.5, 0.6) is 0 Å². The number of nitrogens with zero attached hydrogens (tertiary/aromatic N) is 1. The molecule has 78 valence electrons. The third kappa shape index (κ3) is 3.31. The van der Waals surface area contributed by atoms with Gasteiger partial charge < -0.3 is 0 Å². The molecule has 3 nitrogen and oxygen atoms in total. The first-order chi connectivity index (χ1) is 6.05. The van der Waals surface area contributed by atoms with Crippen LogP contribution >= 0.6 is 21.8 Å². The molecular weight excluding hydrogens is 230 g/mol. The summed E-state index contributed by atoms with van der Waals surface area (Å²) in [5.74, 6) is 0. The van der Waals surface area contributed by atoms with Gasteiger partial charge in [0.15, 0.2) is 0 Å². The van der Waals surface area contributed by atoms with E-state index in [-0.39, 0.29) is 6.04 Å². The highest BCUT2D eigenvalue weighted by atomic mass is 35.7. The van der Waals surface area contributed by atoms with Gasteiger partial charge in [-0.2, -0.15) is 0 Å². The van der Waals surface area contributed by atoms with Gasteiger partial charge in [-0.25, -0.2) is 8.42 Å². The summed E-state index contributed by atoms with van der Waals surface area (Å²) in [4.78, 5) is 0. The van der Waals surface area contributed by atoms with E-state index in [1.807, 2.05) is 0 Å². The molecule has 0 aliphatic heterocycles. The van der Waals surface area contributed by atoms with Crippen molar-refractivity contribution in [3.8, 4) is 0 Å².